The van der Waals surface area contributed by atoms with E-state index in [0.29, 0.717) is 6.42 Å². The van der Waals surface area contributed by atoms with Crippen molar-refractivity contribution in [2.75, 3.05) is 13.6 Å². The number of hydrogen-bond donors (Lipinski definition) is 1. The van der Waals surface area contributed by atoms with Crippen molar-refractivity contribution in [3.8, 4) is 0 Å². The molecule has 0 spiro atoms. The topological polar surface area (TPSA) is 70.5 Å². The highest BCUT2D eigenvalue weighted by atomic mass is 35.5. The standard InChI is InChI=1S/C11H12ClFN2O3/c1-15(4-2-3-9(16)17)11(18)8-5-7(13)6-14-10(8)12/h5-6H,2-4H2,1H3,(H,16,17). The zero-order valence-electron chi connectivity index (χ0n) is 9.69. The SMILES string of the molecule is CN(CCCC(=O)O)C(=O)c1cc(F)cnc1Cl. The number of amides is 1. The van der Waals surface area contributed by atoms with E-state index in [-0.39, 0.29) is 23.7 Å². The third-order valence-corrected chi connectivity index (χ3v) is 2.57. The number of carboxylic acids is 1. The Kier molecular flexibility index (Phi) is 5.03. The van der Waals surface area contributed by atoms with Crippen LogP contribution in [-0.4, -0.2) is 40.5 Å². The fourth-order valence-electron chi connectivity index (χ4n) is 1.35. The maximum absolute atomic E-state index is 13.0. The minimum atomic E-state index is -0.929. The van der Waals surface area contributed by atoms with E-state index in [2.05, 4.69) is 4.98 Å². The second-order valence-electron chi connectivity index (χ2n) is 3.72. The van der Waals surface area contributed by atoms with Crippen molar-refractivity contribution >= 4 is 23.5 Å². The average Bonchev–Trinajstić information content (AvgIpc) is 2.30. The summed E-state index contributed by atoms with van der Waals surface area (Å²) in [6.45, 7) is 0.248. The summed E-state index contributed by atoms with van der Waals surface area (Å²) in [5.74, 6) is -2.07. The van der Waals surface area contributed by atoms with Gasteiger partial charge in [-0.25, -0.2) is 9.37 Å². The van der Waals surface area contributed by atoms with Gasteiger partial charge >= 0.3 is 5.97 Å². The number of pyridine rings is 1. The van der Waals surface area contributed by atoms with E-state index in [1.165, 1.54) is 11.9 Å². The largest absolute Gasteiger partial charge is 0.481 e. The van der Waals surface area contributed by atoms with Gasteiger partial charge in [0.2, 0.25) is 0 Å². The zero-order valence-corrected chi connectivity index (χ0v) is 10.4. The molecule has 0 radical (unpaired) electrons. The highest BCUT2D eigenvalue weighted by molar-refractivity contribution is 6.32. The van der Waals surface area contributed by atoms with Gasteiger partial charge in [0.25, 0.3) is 5.91 Å². The third kappa shape index (κ3) is 3.96. The minimum absolute atomic E-state index is 0.0329. The molecule has 1 heterocycles. The summed E-state index contributed by atoms with van der Waals surface area (Å²) in [6.07, 6.45) is 1.20. The van der Waals surface area contributed by atoms with Gasteiger partial charge < -0.3 is 10.0 Å². The van der Waals surface area contributed by atoms with Crippen LogP contribution in [0, 0.1) is 5.82 Å². The zero-order chi connectivity index (χ0) is 13.7. The second kappa shape index (κ2) is 6.30. The molecular formula is C11H12ClFN2O3. The molecule has 1 aromatic rings. The second-order valence-corrected chi connectivity index (χ2v) is 4.07. The summed E-state index contributed by atoms with van der Waals surface area (Å²) in [4.78, 5) is 27.0. The summed E-state index contributed by atoms with van der Waals surface area (Å²) in [7, 11) is 1.49. The Morgan fingerprint density at radius 2 is 2.22 bits per heavy atom. The number of nitrogens with zero attached hydrogens (tertiary/aromatic N) is 2. The van der Waals surface area contributed by atoms with E-state index in [9.17, 15) is 14.0 Å². The molecule has 0 saturated heterocycles. The first-order valence-electron chi connectivity index (χ1n) is 5.20. The van der Waals surface area contributed by atoms with Crippen LogP contribution in [0.25, 0.3) is 0 Å². The van der Waals surface area contributed by atoms with E-state index in [0.717, 1.165) is 12.3 Å². The van der Waals surface area contributed by atoms with Crippen LogP contribution in [0.5, 0.6) is 0 Å². The van der Waals surface area contributed by atoms with E-state index in [4.69, 9.17) is 16.7 Å². The van der Waals surface area contributed by atoms with E-state index < -0.39 is 17.7 Å². The molecule has 98 valence electrons. The molecule has 1 aromatic heterocycles. The highest BCUT2D eigenvalue weighted by Gasteiger charge is 2.17. The van der Waals surface area contributed by atoms with Gasteiger partial charge in [0.15, 0.2) is 0 Å². The van der Waals surface area contributed by atoms with Crippen LogP contribution in [0.2, 0.25) is 5.15 Å². The maximum Gasteiger partial charge on any atom is 0.303 e. The Balaban J connectivity index is 2.68. The minimum Gasteiger partial charge on any atom is -0.481 e. The Labute approximate surface area is 108 Å². The molecule has 1 N–H and O–H groups in total. The van der Waals surface area contributed by atoms with Crippen LogP contribution < -0.4 is 0 Å². The molecule has 1 rings (SSSR count). The summed E-state index contributed by atoms with van der Waals surface area (Å²) in [6, 6.07) is 1.01. The van der Waals surface area contributed by atoms with Gasteiger partial charge in [0.1, 0.15) is 11.0 Å². The van der Waals surface area contributed by atoms with Crippen LogP contribution >= 0.6 is 11.6 Å². The molecule has 18 heavy (non-hydrogen) atoms. The smallest absolute Gasteiger partial charge is 0.303 e. The van der Waals surface area contributed by atoms with Gasteiger partial charge in [-0.05, 0) is 12.5 Å². The number of aliphatic carboxylic acids is 1. The van der Waals surface area contributed by atoms with Gasteiger partial charge in [-0.15, -0.1) is 0 Å². The average molecular weight is 275 g/mol. The molecule has 1 amide bonds. The Morgan fingerprint density at radius 1 is 1.56 bits per heavy atom. The highest BCUT2D eigenvalue weighted by Crippen LogP contribution is 2.15. The van der Waals surface area contributed by atoms with Crippen LogP contribution in [0.4, 0.5) is 4.39 Å². The number of halogens is 2. The van der Waals surface area contributed by atoms with Crippen LogP contribution in [0.15, 0.2) is 12.3 Å². The molecule has 5 nitrogen and oxygen atoms in total. The lowest BCUT2D eigenvalue weighted by atomic mass is 10.2. The van der Waals surface area contributed by atoms with Crippen LogP contribution in [0.3, 0.4) is 0 Å². The summed E-state index contributed by atoms with van der Waals surface area (Å²) < 4.78 is 13.0. The molecule has 0 fully saturated rings. The number of carbonyl (C=O) groups is 2. The van der Waals surface area contributed by atoms with E-state index >= 15 is 0 Å². The van der Waals surface area contributed by atoms with Crippen molar-refractivity contribution in [3.63, 3.8) is 0 Å². The lowest BCUT2D eigenvalue weighted by Crippen LogP contribution is -2.28. The number of rotatable bonds is 5. The van der Waals surface area contributed by atoms with E-state index in [1.807, 2.05) is 0 Å². The molecule has 0 aliphatic carbocycles. The molecule has 0 bridgehead atoms. The molecule has 0 aromatic carbocycles. The first-order chi connectivity index (χ1) is 8.41. The third-order valence-electron chi connectivity index (χ3n) is 2.27. The predicted molar refractivity (Wildman–Crippen MR) is 63.0 cm³/mol. The Bertz CT molecular complexity index is 468. The lowest BCUT2D eigenvalue weighted by molar-refractivity contribution is -0.137. The Hall–Kier alpha value is -1.69. The van der Waals surface area contributed by atoms with Crippen molar-refractivity contribution in [3.05, 3.63) is 28.8 Å². The molecule has 0 aliphatic heterocycles. The normalized spacial score (nSPS) is 10.2. The molecular weight excluding hydrogens is 263 g/mol. The molecule has 0 saturated carbocycles. The summed E-state index contributed by atoms with van der Waals surface area (Å²) in [5.41, 5.74) is -0.0329. The lowest BCUT2D eigenvalue weighted by Gasteiger charge is -2.17. The number of aromatic nitrogens is 1. The monoisotopic (exact) mass is 274 g/mol. The first-order valence-corrected chi connectivity index (χ1v) is 5.58. The number of carboxylic acid groups (broad SMARTS) is 1. The van der Waals surface area contributed by atoms with Gasteiger partial charge in [0, 0.05) is 20.0 Å². The van der Waals surface area contributed by atoms with Crippen molar-refractivity contribution in [1.82, 2.24) is 9.88 Å². The van der Waals surface area contributed by atoms with Gasteiger partial charge in [-0.2, -0.15) is 0 Å². The summed E-state index contributed by atoms with van der Waals surface area (Å²) >= 11 is 5.70. The molecule has 7 heteroatoms. The van der Waals surface area contributed by atoms with Crippen molar-refractivity contribution < 1.29 is 19.1 Å². The van der Waals surface area contributed by atoms with Gasteiger partial charge in [-0.1, -0.05) is 11.6 Å². The predicted octanol–water partition coefficient (Wildman–Crippen LogP) is 1.81. The van der Waals surface area contributed by atoms with Crippen LogP contribution in [-0.2, 0) is 4.79 Å². The number of hydrogen-bond acceptors (Lipinski definition) is 3. The van der Waals surface area contributed by atoms with Crippen LogP contribution in [0.1, 0.15) is 23.2 Å². The fraction of sp³-hybridized carbons (Fsp3) is 0.364. The van der Waals surface area contributed by atoms with Crippen molar-refractivity contribution in [2.24, 2.45) is 0 Å². The Morgan fingerprint density at radius 3 is 2.83 bits per heavy atom. The fourth-order valence-corrected chi connectivity index (χ4v) is 1.53. The van der Waals surface area contributed by atoms with Crippen molar-refractivity contribution in [1.29, 1.82) is 0 Å². The van der Waals surface area contributed by atoms with E-state index in [1.54, 1.807) is 0 Å². The van der Waals surface area contributed by atoms with Gasteiger partial charge in [0.05, 0.1) is 11.8 Å². The van der Waals surface area contributed by atoms with Crippen molar-refractivity contribution in [2.45, 2.75) is 12.8 Å². The maximum atomic E-state index is 13.0. The first kappa shape index (κ1) is 14.4. The number of carbonyl (C=O) groups excluding carboxylic acids is 1. The summed E-state index contributed by atoms with van der Waals surface area (Å²) in [5, 5.41) is 8.40. The molecule has 0 aliphatic rings. The molecule has 0 atom stereocenters. The van der Waals surface area contributed by atoms with Gasteiger partial charge in [-0.3, -0.25) is 9.59 Å². The quantitative estimate of drug-likeness (QED) is 0.832. The molecule has 0 unspecified atom stereocenters.